The van der Waals surface area contributed by atoms with Crippen LogP contribution in [0, 0.1) is 6.92 Å². The summed E-state index contributed by atoms with van der Waals surface area (Å²) in [5.41, 5.74) is -1.11. The number of hydrogen-bond donors (Lipinski definition) is 2. The van der Waals surface area contributed by atoms with Crippen molar-refractivity contribution in [2.24, 2.45) is 0 Å². The number of benzene rings is 1. The average molecular weight is 358 g/mol. The molecule has 126 valence electrons. The van der Waals surface area contributed by atoms with E-state index in [2.05, 4.69) is 10.3 Å². The van der Waals surface area contributed by atoms with Gasteiger partial charge in [-0.1, -0.05) is 17.7 Å². The molecule has 0 saturated heterocycles. The van der Waals surface area contributed by atoms with Crippen LogP contribution >= 0.6 is 11.6 Å². The molecule has 0 aliphatic heterocycles. The van der Waals surface area contributed by atoms with E-state index in [0.717, 1.165) is 6.07 Å². The Hall–Kier alpha value is -2.61. The van der Waals surface area contributed by atoms with Gasteiger partial charge in [0, 0.05) is 11.2 Å². The summed E-state index contributed by atoms with van der Waals surface area (Å²) in [7, 11) is 0. The Balaban J connectivity index is 2.18. The van der Waals surface area contributed by atoms with Crippen molar-refractivity contribution >= 4 is 34.9 Å². The average Bonchev–Trinajstić information content (AvgIpc) is 2.50. The van der Waals surface area contributed by atoms with Crippen LogP contribution in [0.15, 0.2) is 36.5 Å². The van der Waals surface area contributed by atoms with Gasteiger partial charge in [0.15, 0.2) is 0 Å². The zero-order valence-electron chi connectivity index (χ0n) is 12.2. The summed E-state index contributed by atoms with van der Waals surface area (Å²) < 4.78 is 38.9. The van der Waals surface area contributed by atoms with Crippen LogP contribution in [-0.2, 0) is 15.8 Å². The maximum atomic E-state index is 13.0. The Bertz CT molecular complexity index is 794. The fourth-order valence-corrected chi connectivity index (χ4v) is 1.99. The van der Waals surface area contributed by atoms with Crippen LogP contribution < -0.4 is 10.6 Å². The summed E-state index contributed by atoms with van der Waals surface area (Å²) in [6.07, 6.45) is -3.33. The largest absolute Gasteiger partial charge is 0.418 e. The molecule has 0 aliphatic carbocycles. The number of rotatable bonds is 2. The van der Waals surface area contributed by atoms with Crippen molar-refractivity contribution in [3.05, 3.63) is 52.7 Å². The monoisotopic (exact) mass is 357 g/mol. The predicted molar refractivity (Wildman–Crippen MR) is 82.7 cm³/mol. The van der Waals surface area contributed by atoms with Crippen molar-refractivity contribution in [2.75, 3.05) is 10.6 Å². The third-order valence-electron chi connectivity index (χ3n) is 2.98. The maximum absolute atomic E-state index is 13.0. The van der Waals surface area contributed by atoms with Gasteiger partial charge >= 0.3 is 18.0 Å². The molecular formula is C15H11ClF3N3O2. The Morgan fingerprint density at radius 2 is 1.79 bits per heavy atom. The number of nitrogens with one attached hydrogen (secondary N) is 2. The molecule has 24 heavy (non-hydrogen) atoms. The van der Waals surface area contributed by atoms with Gasteiger partial charge in [-0.05, 0) is 36.8 Å². The van der Waals surface area contributed by atoms with Gasteiger partial charge < -0.3 is 10.6 Å². The van der Waals surface area contributed by atoms with Gasteiger partial charge in [0.1, 0.15) is 5.82 Å². The molecule has 0 bridgehead atoms. The van der Waals surface area contributed by atoms with Crippen molar-refractivity contribution in [3.8, 4) is 0 Å². The number of nitrogens with zero attached hydrogens (tertiary/aromatic N) is 1. The molecule has 1 aromatic heterocycles. The fourth-order valence-electron chi connectivity index (χ4n) is 1.82. The minimum Gasteiger partial charge on any atom is -0.317 e. The number of amides is 2. The van der Waals surface area contributed by atoms with Gasteiger partial charge in [0.2, 0.25) is 0 Å². The van der Waals surface area contributed by atoms with Crippen LogP contribution in [0.2, 0.25) is 5.02 Å². The number of aryl methyl sites for hydroxylation is 1. The highest BCUT2D eigenvalue weighted by molar-refractivity contribution is 6.43. The number of anilines is 2. The highest BCUT2D eigenvalue weighted by atomic mass is 35.5. The van der Waals surface area contributed by atoms with E-state index in [1.165, 1.54) is 12.3 Å². The molecule has 1 heterocycles. The lowest BCUT2D eigenvalue weighted by Crippen LogP contribution is -2.30. The van der Waals surface area contributed by atoms with E-state index in [-0.39, 0.29) is 10.8 Å². The quantitative estimate of drug-likeness (QED) is 0.806. The highest BCUT2D eigenvalue weighted by Crippen LogP contribution is 2.36. The first-order valence-corrected chi connectivity index (χ1v) is 6.97. The first-order valence-electron chi connectivity index (χ1n) is 6.59. The lowest BCUT2D eigenvalue weighted by molar-refractivity contribution is -0.137. The number of pyridine rings is 1. The van der Waals surface area contributed by atoms with Crippen LogP contribution in [-0.4, -0.2) is 16.8 Å². The van der Waals surface area contributed by atoms with E-state index in [0.29, 0.717) is 11.6 Å². The van der Waals surface area contributed by atoms with E-state index in [4.69, 9.17) is 11.6 Å². The molecule has 9 heteroatoms. The molecule has 0 radical (unpaired) electrons. The van der Waals surface area contributed by atoms with Gasteiger partial charge in [-0.2, -0.15) is 13.2 Å². The number of carbonyl (C=O) groups excluding carboxylic acids is 2. The van der Waals surface area contributed by atoms with Crippen molar-refractivity contribution in [3.63, 3.8) is 0 Å². The fraction of sp³-hybridized carbons (Fsp3) is 0.133. The van der Waals surface area contributed by atoms with E-state index in [1.54, 1.807) is 19.1 Å². The predicted octanol–water partition coefficient (Wildman–Crippen LogP) is 3.64. The molecule has 2 N–H and O–H groups in total. The lowest BCUT2D eigenvalue weighted by Gasteiger charge is -2.14. The van der Waals surface area contributed by atoms with Crippen LogP contribution in [0.3, 0.4) is 0 Å². The zero-order chi connectivity index (χ0) is 17.9. The molecule has 0 fully saturated rings. The van der Waals surface area contributed by atoms with Gasteiger partial charge in [-0.15, -0.1) is 0 Å². The summed E-state index contributed by atoms with van der Waals surface area (Å²) in [5.74, 6) is -2.25. The number of hydrogen-bond acceptors (Lipinski definition) is 3. The van der Waals surface area contributed by atoms with Crippen molar-refractivity contribution in [2.45, 2.75) is 13.1 Å². The van der Waals surface area contributed by atoms with E-state index in [9.17, 15) is 22.8 Å². The van der Waals surface area contributed by atoms with E-state index >= 15 is 0 Å². The highest BCUT2D eigenvalue weighted by Gasteiger charge is 2.34. The number of alkyl halides is 3. The van der Waals surface area contributed by atoms with Crippen LogP contribution in [0.5, 0.6) is 0 Å². The molecule has 2 aromatic rings. The molecule has 1 aromatic carbocycles. The summed E-state index contributed by atoms with van der Waals surface area (Å²) in [4.78, 5) is 27.5. The Morgan fingerprint density at radius 3 is 2.42 bits per heavy atom. The molecule has 2 rings (SSSR count). The topological polar surface area (TPSA) is 71.1 Å². The van der Waals surface area contributed by atoms with Gasteiger partial charge in [0.05, 0.1) is 11.3 Å². The van der Waals surface area contributed by atoms with Gasteiger partial charge in [-0.3, -0.25) is 9.59 Å². The first kappa shape index (κ1) is 17.7. The lowest BCUT2D eigenvalue weighted by atomic mass is 10.1. The van der Waals surface area contributed by atoms with Crippen LogP contribution in [0.25, 0.3) is 0 Å². The van der Waals surface area contributed by atoms with E-state index < -0.39 is 29.2 Å². The van der Waals surface area contributed by atoms with Gasteiger partial charge in [0.25, 0.3) is 0 Å². The van der Waals surface area contributed by atoms with Crippen molar-refractivity contribution in [1.29, 1.82) is 0 Å². The first-order chi connectivity index (χ1) is 11.2. The Kier molecular flexibility index (Phi) is 5.08. The summed E-state index contributed by atoms with van der Waals surface area (Å²) >= 11 is 5.55. The zero-order valence-corrected chi connectivity index (χ0v) is 13.0. The Labute approximate surface area is 139 Å². The normalized spacial score (nSPS) is 11.0. The maximum Gasteiger partial charge on any atom is 0.418 e. The van der Waals surface area contributed by atoms with Crippen molar-refractivity contribution in [1.82, 2.24) is 4.98 Å². The number of aromatic nitrogens is 1. The molecule has 0 spiro atoms. The Morgan fingerprint density at radius 1 is 1.12 bits per heavy atom. The second kappa shape index (κ2) is 6.88. The molecule has 2 amide bonds. The van der Waals surface area contributed by atoms with E-state index in [1.807, 2.05) is 5.32 Å². The van der Waals surface area contributed by atoms with Gasteiger partial charge in [-0.25, -0.2) is 4.98 Å². The molecule has 0 aliphatic rings. The third-order valence-corrected chi connectivity index (χ3v) is 3.22. The minimum absolute atomic E-state index is 0.143. The minimum atomic E-state index is -4.73. The summed E-state index contributed by atoms with van der Waals surface area (Å²) in [5, 5.41) is 4.01. The number of carbonyl (C=O) groups is 2. The van der Waals surface area contributed by atoms with Crippen molar-refractivity contribution < 1.29 is 22.8 Å². The SMILES string of the molecule is Cc1cccnc1NC(=O)C(=O)Nc1ccc(Cl)cc1C(F)(F)F. The molecule has 0 atom stereocenters. The second-order valence-electron chi connectivity index (χ2n) is 4.76. The number of halogens is 4. The van der Waals surface area contributed by atoms with Crippen LogP contribution in [0.1, 0.15) is 11.1 Å². The van der Waals surface area contributed by atoms with Crippen LogP contribution in [0.4, 0.5) is 24.7 Å². The smallest absolute Gasteiger partial charge is 0.317 e. The molecule has 0 unspecified atom stereocenters. The second-order valence-corrected chi connectivity index (χ2v) is 5.20. The third kappa shape index (κ3) is 4.23. The molecule has 0 saturated carbocycles. The molecular weight excluding hydrogens is 347 g/mol. The summed E-state index contributed by atoms with van der Waals surface area (Å²) in [6, 6.07) is 6.10. The standard InChI is InChI=1S/C15H11ClF3N3O2/c1-8-3-2-6-20-12(8)22-14(24)13(23)21-11-5-4-9(16)7-10(11)15(17,18)19/h2-7H,1H3,(H,21,23)(H,20,22,24). The molecule has 5 nitrogen and oxygen atoms in total. The summed E-state index contributed by atoms with van der Waals surface area (Å²) in [6.45, 7) is 1.65.